The van der Waals surface area contributed by atoms with E-state index in [-0.39, 0.29) is 0 Å². The Bertz CT molecular complexity index is 190. The van der Waals surface area contributed by atoms with Crippen molar-refractivity contribution >= 4 is 15.9 Å². The Hall–Kier alpha value is 0.240. The van der Waals surface area contributed by atoms with Crippen molar-refractivity contribution in [2.24, 2.45) is 0 Å². The van der Waals surface area contributed by atoms with Gasteiger partial charge in [0.25, 0.3) is 0 Å². The number of halogens is 1. The van der Waals surface area contributed by atoms with Crippen molar-refractivity contribution in [2.45, 2.75) is 30.7 Å². The molecule has 0 saturated carbocycles. The molecule has 0 radical (unpaired) electrons. The summed E-state index contributed by atoms with van der Waals surface area (Å²) in [5.41, 5.74) is 0. The van der Waals surface area contributed by atoms with E-state index >= 15 is 0 Å². The molecule has 1 heterocycles. The van der Waals surface area contributed by atoms with Crippen LogP contribution < -0.4 is 0 Å². The zero-order valence-electron chi connectivity index (χ0n) is 7.99. The van der Waals surface area contributed by atoms with Crippen LogP contribution in [0.4, 0.5) is 0 Å². The third-order valence-corrected chi connectivity index (χ3v) is 2.53. The summed E-state index contributed by atoms with van der Waals surface area (Å²) in [5.74, 6) is 0. The van der Waals surface area contributed by atoms with E-state index in [0.29, 0.717) is 11.9 Å². The maximum Gasteiger partial charge on any atom is 0.186 e. The number of aliphatic hydroxyl groups excluding tert-OH is 4. The fraction of sp³-hybridized carbons (Fsp3) is 1.00. The molecule has 0 unspecified atom stereocenters. The van der Waals surface area contributed by atoms with Gasteiger partial charge in [-0.2, -0.15) is 0 Å². The summed E-state index contributed by atoms with van der Waals surface area (Å²) in [5, 5.41) is 37.7. The highest BCUT2D eigenvalue weighted by Gasteiger charge is 2.43. The van der Waals surface area contributed by atoms with E-state index in [4.69, 9.17) is 14.6 Å². The molecule has 0 amide bonds. The highest BCUT2D eigenvalue weighted by molar-refractivity contribution is 9.09. The molecule has 0 spiro atoms. The Balaban J connectivity index is 2.57. The van der Waals surface area contributed by atoms with Gasteiger partial charge >= 0.3 is 0 Å². The largest absolute Gasteiger partial charge is 0.394 e. The number of rotatable bonds is 4. The molecule has 1 fully saturated rings. The standard InChI is InChI=1S/C8H15BrO6/c9-1-2-14-8-7(13)6(12)5(11)4(3-10)15-8/h4-8,10-13H,1-3H2/t4-,5+,6-,7+,8+/m1/s1. The summed E-state index contributed by atoms with van der Waals surface area (Å²) < 4.78 is 10.2. The van der Waals surface area contributed by atoms with Gasteiger partial charge in [-0.3, -0.25) is 0 Å². The molecule has 0 aromatic heterocycles. The van der Waals surface area contributed by atoms with Crippen LogP contribution in [-0.4, -0.2) is 69.7 Å². The summed E-state index contributed by atoms with van der Waals surface area (Å²) in [6.07, 6.45) is -5.98. The summed E-state index contributed by atoms with van der Waals surface area (Å²) in [6, 6.07) is 0. The Morgan fingerprint density at radius 1 is 1.13 bits per heavy atom. The van der Waals surface area contributed by atoms with Gasteiger partial charge in [-0.15, -0.1) is 0 Å². The molecule has 0 bridgehead atoms. The van der Waals surface area contributed by atoms with Gasteiger partial charge < -0.3 is 29.9 Å². The molecule has 1 rings (SSSR count). The fourth-order valence-electron chi connectivity index (χ4n) is 1.37. The van der Waals surface area contributed by atoms with Crippen molar-refractivity contribution in [3.8, 4) is 0 Å². The van der Waals surface area contributed by atoms with Gasteiger partial charge in [0.2, 0.25) is 0 Å². The molecule has 0 aromatic rings. The quantitative estimate of drug-likeness (QED) is 0.455. The van der Waals surface area contributed by atoms with Gasteiger partial charge in [0, 0.05) is 5.33 Å². The highest BCUT2D eigenvalue weighted by atomic mass is 79.9. The van der Waals surface area contributed by atoms with Gasteiger partial charge in [0.1, 0.15) is 24.4 Å². The average molecular weight is 287 g/mol. The number of alkyl halides is 1. The smallest absolute Gasteiger partial charge is 0.186 e. The fourth-order valence-corrected chi connectivity index (χ4v) is 1.55. The molecule has 7 heteroatoms. The summed E-state index contributed by atoms with van der Waals surface area (Å²) in [6.45, 7) is -0.151. The number of ether oxygens (including phenoxy) is 2. The van der Waals surface area contributed by atoms with Gasteiger partial charge in [-0.25, -0.2) is 0 Å². The minimum absolute atomic E-state index is 0.294. The van der Waals surface area contributed by atoms with Crippen LogP contribution in [0.2, 0.25) is 0 Å². The zero-order chi connectivity index (χ0) is 11.4. The second kappa shape index (κ2) is 6.09. The van der Waals surface area contributed by atoms with Crippen molar-refractivity contribution in [3.05, 3.63) is 0 Å². The predicted octanol–water partition coefficient (Wildman–Crippen LogP) is -1.80. The van der Waals surface area contributed by atoms with Crippen molar-refractivity contribution < 1.29 is 29.9 Å². The van der Waals surface area contributed by atoms with E-state index < -0.39 is 37.3 Å². The van der Waals surface area contributed by atoms with Crippen molar-refractivity contribution in [1.82, 2.24) is 0 Å². The van der Waals surface area contributed by atoms with E-state index in [1.54, 1.807) is 0 Å². The summed E-state index contributed by atoms with van der Waals surface area (Å²) in [7, 11) is 0. The maximum atomic E-state index is 9.49. The Kier molecular flexibility index (Phi) is 5.41. The zero-order valence-corrected chi connectivity index (χ0v) is 9.58. The lowest BCUT2D eigenvalue weighted by Crippen LogP contribution is -2.59. The van der Waals surface area contributed by atoms with Crippen LogP contribution in [0.15, 0.2) is 0 Å². The lowest BCUT2D eigenvalue weighted by Gasteiger charge is -2.39. The lowest BCUT2D eigenvalue weighted by molar-refractivity contribution is -0.299. The number of hydrogen-bond acceptors (Lipinski definition) is 6. The molecule has 0 aromatic carbocycles. The predicted molar refractivity (Wildman–Crippen MR) is 53.5 cm³/mol. The van der Waals surface area contributed by atoms with Crippen LogP contribution in [0.25, 0.3) is 0 Å². The molecule has 90 valence electrons. The van der Waals surface area contributed by atoms with Crippen LogP contribution >= 0.6 is 15.9 Å². The molecule has 0 aliphatic carbocycles. The van der Waals surface area contributed by atoms with Gasteiger partial charge in [-0.1, -0.05) is 15.9 Å². The van der Waals surface area contributed by atoms with E-state index in [9.17, 15) is 15.3 Å². The van der Waals surface area contributed by atoms with E-state index in [2.05, 4.69) is 15.9 Å². The number of hydrogen-bond donors (Lipinski definition) is 4. The van der Waals surface area contributed by atoms with E-state index in [1.807, 2.05) is 0 Å². The molecular weight excluding hydrogens is 272 g/mol. The Morgan fingerprint density at radius 3 is 2.33 bits per heavy atom. The van der Waals surface area contributed by atoms with E-state index in [1.165, 1.54) is 0 Å². The average Bonchev–Trinajstić information content (AvgIpc) is 2.25. The third-order valence-electron chi connectivity index (χ3n) is 2.21. The first kappa shape index (κ1) is 13.3. The molecule has 6 nitrogen and oxygen atoms in total. The molecule has 1 aliphatic heterocycles. The summed E-state index contributed by atoms with van der Waals surface area (Å²) >= 11 is 3.13. The molecular formula is C8H15BrO6. The Labute approximate surface area is 95.6 Å². The summed E-state index contributed by atoms with van der Waals surface area (Å²) in [4.78, 5) is 0. The van der Waals surface area contributed by atoms with E-state index in [0.717, 1.165) is 0 Å². The molecule has 4 N–H and O–H groups in total. The SMILES string of the molecule is OC[C@H]1O[C@H](OCCBr)[C@@H](O)[C@H](O)[C@H]1O. The first-order valence-corrected chi connectivity index (χ1v) is 5.72. The second-order valence-electron chi connectivity index (χ2n) is 3.26. The van der Waals surface area contributed by atoms with Crippen LogP contribution in [0.5, 0.6) is 0 Å². The molecule has 1 aliphatic rings. The Morgan fingerprint density at radius 2 is 1.80 bits per heavy atom. The van der Waals surface area contributed by atoms with Crippen LogP contribution in [0, 0.1) is 0 Å². The number of aliphatic hydroxyl groups is 4. The minimum atomic E-state index is -1.38. The third kappa shape index (κ3) is 3.10. The van der Waals surface area contributed by atoms with Crippen LogP contribution in [-0.2, 0) is 9.47 Å². The minimum Gasteiger partial charge on any atom is -0.394 e. The first-order chi connectivity index (χ1) is 7.11. The topological polar surface area (TPSA) is 99.4 Å². The first-order valence-electron chi connectivity index (χ1n) is 4.60. The monoisotopic (exact) mass is 286 g/mol. The highest BCUT2D eigenvalue weighted by Crippen LogP contribution is 2.21. The van der Waals surface area contributed by atoms with Gasteiger partial charge in [0.15, 0.2) is 6.29 Å². The molecule has 1 saturated heterocycles. The van der Waals surface area contributed by atoms with Gasteiger partial charge in [0.05, 0.1) is 13.2 Å². The van der Waals surface area contributed by atoms with Crippen LogP contribution in [0.3, 0.4) is 0 Å². The molecule has 15 heavy (non-hydrogen) atoms. The van der Waals surface area contributed by atoms with Crippen LogP contribution in [0.1, 0.15) is 0 Å². The van der Waals surface area contributed by atoms with Gasteiger partial charge in [-0.05, 0) is 0 Å². The second-order valence-corrected chi connectivity index (χ2v) is 4.05. The maximum absolute atomic E-state index is 9.49. The van der Waals surface area contributed by atoms with Crippen molar-refractivity contribution in [1.29, 1.82) is 0 Å². The van der Waals surface area contributed by atoms with Crippen molar-refractivity contribution in [2.75, 3.05) is 18.5 Å². The molecule has 5 atom stereocenters. The lowest BCUT2D eigenvalue weighted by atomic mass is 9.99. The normalized spacial score (nSPS) is 41.8. The van der Waals surface area contributed by atoms with Crippen molar-refractivity contribution in [3.63, 3.8) is 0 Å².